The summed E-state index contributed by atoms with van der Waals surface area (Å²) in [5.74, 6) is -3.39. The van der Waals surface area contributed by atoms with Gasteiger partial charge in [-0.25, -0.2) is 14.4 Å². The third-order valence-electron chi connectivity index (χ3n) is 2.60. The van der Waals surface area contributed by atoms with E-state index in [4.69, 9.17) is 35.0 Å². The first-order valence-electron chi connectivity index (χ1n) is 8.00. The zero-order valence-corrected chi connectivity index (χ0v) is 15.5. The van der Waals surface area contributed by atoms with Gasteiger partial charge in [0.05, 0.1) is 50.8 Å². The van der Waals surface area contributed by atoms with Crippen LogP contribution in [0, 0.1) is 0 Å². The van der Waals surface area contributed by atoms with Gasteiger partial charge in [0, 0.05) is 5.57 Å². The molecule has 0 unspecified atom stereocenters. The lowest BCUT2D eigenvalue weighted by molar-refractivity contribution is -0.132. The molecule has 10 heteroatoms. The van der Waals surface area contributed by atoms with Crippen LogP contribution in [0.2, 0.25) is 0 Å². The Kier molecular flexibility index (Phi) is 17.3. The molecule has 0 aliphatic heterocycles. The molecule has 0 radical (unpaired) electrons. The van der Waals surface area contributed by atoms with Crippen LogP contribution in [0.5, 0.6) is 0 Å². The SMILES string of the molecule is C=C(C)C(=O)O.O=C(O)c1ccccc1C(=O)O.OCCOCCOCCO. The van der Waals surface area contributed by atoms with E-state index < -0.39 is 17.9 Å². The number of aliphatic hydroxyl groups excluding tert-OH is 2. The third kappa shape index (κ3) is 15.5. The Morgan fingerprint density at radius 1 is 0.821 bits per heavy atom. The highest BCUT2D eigenvalue weighted by Gasteiger charge is 2.13. The number of aliphatic hydroxyl groups is 2. The largest absolute Gasteiger partial charge is 0.478 e. The summed E-state index contributed by atoms with van der Waals surface area (Å²) in [5, 5.41) is 41.5. The maximum Gasteiger partial charge on any atom is 0.336 e. The zero-order valence-electron chi connectivity index (χ0n) is 15.5. The summed E-state index contributed by atoms with van der Waals surface area (Å²) in [6.07, 6.45) is 0. The molecule has 0 aliphatic rings. The minimum absolute atomic E-state index is 0.0417. The zero-order chi connectivity index (χ0) is 21.9. The first-order valence-corrected chi connectivity index (χ1v) is 8.00. The highest BCUT2D eigenvalue weighted by Crippen LogP contribution is 2.07. The Balaban J connectivity index is 0. The van der Waals surface area contributed by atoms with E-state index in [-0.39, 0.29) is 29.9 Å². The molecule has 1 aromatic rings. The third-order valence-corrected chi connectivity index (χ3v) is 2.60. The standard InChI is InChI=1S/C8H6O4.C6H14O4.C4H6O2/c9-7(10)5-3-1-2-4-6(5)8(11)12;7-1-3-9-5-6-10-4-2-8;1-3(2)4(5)6/h1-4H,(H,9,10)(H,11,12);7-8H,1-6H2;1H2,2H3,(H,5,6). The van der Waals surface area contributed by atoms with E-state index in [2.05, 4.69) is 6.58 Å². The fraction of sp³-hybridized carbons (Fsp3) is 0.389. The highest BCUT2D eigenvalue weighted by atomic mass is 16.5. The highest BCUT2D eigenvalue weighted by molar-refractivity contribution is 6.01. The second kappa shape index (κ2) is 17.6. The van der Waals surface area contributed by atoms with Crippen LogP contribution in [0.4, 0.5) is 0 Å². The van der Waals surface area contributed by atoms with Gasteiger partial charge in [-0.05, 0) is 19.1 Å². The van der Waals surface area contributed by atoms with E-state index in [1.165, 1.54) is 31.2 Å². The van der Waals surface area contributed by atoms with Gasteiger partial charge in [0.25, 0.3) is 0 Å². The molecule has 5 N–H and O–H groups in total. The second-order valence-electron chi connectivity index (χ2n) is 4.91. The van der Waals surface area contributed by atoms with Gasteiger partial charge in [0.1, 0.15) is 0 Å². The number of carboxylic acids is 3. The monoisotopic (exact) mass is 402 g/mol. The molecule has 0 atom stereocenters. The van der Waals surface area contributed by atoms with Gasteiger partial charge in [-0.1, -0.05) is 18.7 Å². The number of benzene rings is 1. The summed E-state index contributed by atoms with van der Waals surface area (Å²) in [6, 6.07) is 5.48. The van der Waals surface area contributed by atoms with E-state index in [1.54, 1.807) is 0 Å². The Hall–Kier alpha value is -2.79. The summed E-state index contributed by atoms with van der Waals surface area (Å²) < 4.78 is 9.75. The maximum atomic E-state index is 10.5. The first-order chi connectivity index (χ1) is 13.2. The van der Waals surface area contributed by atoms with Crippen LogP contribution in [0.15, 0.2) is 36.4 Å². The van der Waals surface area contributed by atoms with Crippen LogP contribution >= 0.6 is 0 Å². The van der Waals surface area contributed by atoms with Crippen molar-refractivity contribution in [1.29, 1.82) is 0 Å². The minimum atomic E-state index is -1.23. The van der Waals surface area contributed by atoms with Crippen LogP contribution < -0.4 is 0 Å². The van der Waals surface area contributed by atoms with Crippen LogP contribution in [0.1, 0.15) is 27.6 Å². The van der Waals surface area contributed by atoms with Crippen LogP contribution in [-0.2, 0) is 14.3 Å². The van der Waals surface area contributed by atoms with Crippen molar-refractivity contribution in [2.24, 2.45) is 0 Å². The Bertz CT molecular complexity index is 559. The molecular weight excluding hydrogens is 376 g/mol. The van der Waals surface area contributed by atoms with Gasteiger partial charge in [-0.2, -0.15) is 0 Å². The molecule has 0 saturated heterocycles. The van der Waals surface area contributed by atoms with E-state index in [9.17, 15) is 14.4 Å². The number of hydrogen-bond donors (Lipinski definition) is 5. The predicted octanol–water partition coefficient (Wildman–Crippen LogP) is 0.734. The van der Waals surface area contributed by atoms with Crippen molar-refractivity contribution in [2.45, 2.75) is 6.92 Å². The molecule has 0 aromatic heterocycles. The molecule has 0 heterocycles. The molecule has 0 fully saturated rings. The van der Waals surface area contributed by atoms with E-state index in [0.29, 0.717) is 26.4 Å². The average Bonchev–Trinajstić information content (AvgIpc) is 2.65. The Morgan fingerprint density at radius 2 is 1.14 bits per heavy atom. The van der Waals surface area contributed by atoms with Gasteiger partial charge in [0.2, 0.25) is 0 Å². The van der Waals surface area contributed by atoms with Crippen LogP contribution in [0.3, 0.4) is 0 Å². The van der Waals surface area contributed by atoms with Crippen LogP contribution in [-0.4, -0.2) is 83.1 Å². The molecule has 1 rings (SSSR count). The quantitative estimate of drug-likeness (QED) is 0.277. The van der Waals surface area contributed by atoms with Gasteiger partial charge in [0.15, 0.2) is 0 Å². The van der Waals surface area contributed by atoms with Crippen molar-refractivity contribution in [2.75, 3.05) is 39.6 Å². The number of carbonyl (C=O) groups is 3. The number of ether oxygens (including phenoxy) is 2. The summed E-state index contributed by atoms with van der Waals surface area (Å²) in [5.41, 5.74) is -0.204. The van der Waals surface area contributed by atoms with Crippen molar-refractivity contribution in [3.63, 3.8) is 0 Å². The van der Waals surface area contributed by atoms with Crippen molar-refractivity contribution in [3.05, 3.63) is 47.5 Å². The summed E-state index contributed by atoms with van der Waals surface area (Å²) >= 11 is 0. The summed E-state index contributed by atoms with van der Waals surface area (Å²) in [6.45, 7) is 6.33. The molecule has 0 aliphatic carbocycles. The van der Waals surface area contributed by atoms with Gasteiger partial charge in [-0.15, -0.1) is 0 Å². The molecule has 0 saturated carbocycles. The fourth-order valence-electron chi connectivity index (χ4n) is 1.31. The summed E-state index contributed by atoms with van der Waals surface area (Å²) in [7, 11) is 0. The number of aromatic carboxylic acids is 2. The van der Waals surface area contributed by atoms with Crippen molar-refractivity contribution in [3.8, 4) is 0 Å². The lowest BCUT2D eigenvalue weighted by Crippen LogP contribution is -2.09. The maximum absolute atomic E-state index is 10.5. The number of carboxylic acid groups (broad SMARTS) is 3. The van der Waals surface area contributed by atoms with Crippen molar-refractivity contribution in [1.82, 2.24) is 0 Å². The molecular formula is C18H26O10. The lowest BCUT2D eigenvalue weighted by atomic mass is 10.1. The molecule has 1 aromatic carbocycles. The average molecular weight is 402 g/mol. The second-order valence-corrected chi connectivity index (χ2v) is 4.91. The van der Waals surface area contributed by atoms with Gasteiger partial charge in [-0.3, -0.25) is 0 Å². The molecule has 10 nitrogen and oxygen atoms in total. The fourth-order valence-corrected chi connectivity index (χ4v) is 1.31. The first kappa shape index (κ1) is 27.4. The van der Waals surface area contributed by atoms with Crippen molar-refractivity contribution >= 4 is 17.9 Å². The van der Waals surface area contributed by atoms with E-state index in [0.717, 1.165) is 0 Å². The number of rotatable bonds is 10. The Morgan fingerprint density at radius 3 is 1.36 bits per heavy atom. The Labute approximate surface area is 162 Å². The summed E-state index contributed by atoms with van der Waals surface area (Å²) in [4.78, 5) is 30.5. The molecule has 158 valence electrons. The van der Waals surface area contributed by atoms with Gasteiger partial charge >= 0.3 is 17.9 Å². The predicted molar refractivity (Wildman–Crippen MR) is 98.6 cm³/mol. The van der Waals surface area contributed by atoms with Crippen LogP contribution in [0.25, 0.3) is 0 Å². The normalized spacial score (nSPS) is 9.25. The van der Waals surface area contributed by atoms with Crippen molar-refractivity contribution < 1.29 is 49.4 Å². The minimum Gasteiger partial charge on any atom is -0.478 e. The molecule has 0 bridgehead atoms. The molecule has 28 heavy (non-hydrogen) atoms. The van der Waals surface area contributed by atoms with E-state index >= 15 is 0 Å². The topological polar surface area (TPSA) is 171 Å². The number of hydrogen-bond acceptors (Lipinski definition) is 7. The van der Waals surface area contributed by atoms with Gasteiger partial charge < -0.3 is 35.0 Å². The lowest BCUT2D eigenvalue weighted by Gasteiger charge is -2.01. The van der Waals surface area contributed by atoms with E-state index in [1.807, 2.05) is 0 Å². The molecule has 0 amide bonds. The molecule has 0 spiro atoms. The number of aliphatic carboxylic acids is 1. The smallest absolute Gasteiger partial charge is 0.336 e.